The van der Waals surface area contributed by atoms with Crippen LogP contribution in [0, 0.1) is 0 Å². The molecule has 0 aromatic carbocycles. The van der Waals surface area contributed by atoms with Crippen molar-refractivity contribution in [3.63, 3.8) is 0 Å². The molecule has 13 heavy (non-hydrogen) atoms. The van der Waals surface area contributed by atoms with E-state index in [-0.39, 0.29) is 24.8 Å². The van der Waals surface area contributed by atoms with Gasteiger partial charge in [0, 0.05) is 12.1 Å². The smallest absolute Gasteiger partial charge is 0.00514 e. The van der Waals surface area contributed by atoms with E-state index >= 15 is 0 Å². The van der Waals surface area contributed by atoms with E-state index in [1.54, 1.807) is 0 Å². The second-order valence-corrected chi connectivity index (χ2v) is 3.82. The van der Waals surface area contributed by atoms with E-state index in [1.807, 2.05) is 0 Å². The van der Waals surface area contributed by atoms with Crippen LogP contribution in [0.1, 0.15) is 33.1 Å². The lowest BCUT2D eigenvalue weighted by Crippen LogP contribution is -2.32. The molecule has 2 N–H and O–H groups in total. The van der Waals surface area contributed by atoms with Crippen molar-refractivity contribution in [3.05, 3.63) is 0 Å². The average Bonchev–Trinajstić information content (AvgIpc) is 2.13. The van der Waals surface area contributed by atoms with Crippen molar-refractivity contribution in [2.45, 2.75) is 45.2 Å². The quantitative estimate of drug-likeness (QED) is 0.745. The van der Waals surface area contributed by atoms with Crippen molar-refractivity contribution in [3.8, 4) is 0 Å². The summed E-state index contributed by atoms with van der Waals surface area (Å²) in [5, 5.41) is 0. The van der Waals surface area contributed by atoms with Gasteiger partial charge >= 0.3 is 0 Å². The Kier molecular flexibility index (Phi) is 9.65. The normalized spacial score (nSPS) is 24.5. The lowest BCUT2D eigenvalue weighted by atomic mass is 10.1. The lowest BCUT2D eigenvalue weighted by Gasteiger charge is -2.23. The van der Waals surface area contributed by atoms with Crippen LogP contribution in [0.5, 0.6) is 0 Å². The van der Waals surface area contributed by atoms with Crippen LogP contribution in [-0.4, -0.2) is 30.1 Å². The van der Waals surface area contributed by atoms with Crippen LogP contribution >= 0.6 is 24.8 Å². The third-order valence-corrected chi connectivity index (χ3v) is 2.54. The zero-order valence-electron chi connectivity index (χ0n) is 8.53. The minimum Gasteiger partial charge on any atom is -0.328 e. The first-order valence-corrected chi connectivity index (χ1v) is 4.70. The van der Waals surface area contributed by atoms with Crippen molar-refractivity contribution in [2.75, 3.05) is 13.1 Å². The molecule has 0 amide bonds. The molecule has 1 fully saturated rings. The highest BCUT2D eigenvalue weighted by atomic mass is 35.5. The fraction of sp³-hybridized carbons (Fsp3) is 1.00. The van der Waals surface area contributed by atoms with E-state index in [2.05, 4.69) is 18.7 Å². The average molecular weight is 229 g/mol. The van der Waals surface area contributed by atoms with Crippen LogP contribution in [0.3, 0.4) is 0 Å². The summed E-state index contributed by atoms with van der Waals surface area (Å²) in [4.78, 5) is 2.52. The molecule has 1 heterocycles. The van der Waals surface area contributed by atoms with Crippen LogP contribution in [0.4, 0.5) is 0 Å². The van der Waals surface area contributed by atoms with Gasteiger partial charge in [-0.3, -0.25) is 0 Å². The molecule has 1 saturated heterocycles. The first kappa shape index (κ1) is 15.9. The molecule has 1 atom stereocenters. The Morgan fingerprint density at radius 1 is 1.15 bits per heavy atom. The third-order valence-electron chi connectivity index (χ3n) is 2.54. The standard InChI is InChI=1S/C9H20N2.2ClH/c1-8(2)11-6-3-4-9(10)5-7-11;;/h8-9H,3-7,10H2,1-2H3;2*1H. The fourth-order valence-electron chi connectivity index (χ4n) is 1.66. The first-order valence-electron chi connectivity index (χ1n) is 4.70. The van der Waals surface area contributed by atoms with E-state index in [4.69, 9.17) is 5.73 Å². The van der Waals surface area contributed by atoms with E-state index in [0.717, 1.165) is 0 Å². The summed E-state index contributed by atoms with van der Waals surface area (Å²) in [5.74, 6) is 0. The molecule has 82 valence electrons. The van der Waals surface area contributed by atoms with Gasteiger partial charge in [0.2, 0.25) is 0 Å². The van der Waals surface area contributed by atoms with Gasteiger partial charge in [-0.15, -0.1) is 24.8 Å². The molecule has 1 aliphatic rings. The first-order chi connectivity index (χ1) is 5.20. The maximum Gasteiger partial charge on any atom is 0.00514 e. The van der Waals surface area contributed by atoms with Crippen LogP contribution in [-0.2, 0) is 0 Å². The monoisotopic (exact) mass is 228 g/mol. The summed E-state index contributed by atoms with van der Waals surface area (Å²) in [7, 11) is 0. The zero-order valence-corrected chi connectivity index (χ0v) is 10.2. The molecule has 1 aliphatic heterocycles. The maximum atomic E-state index is 5.87. The third kappa shape index (κ3) is 5.74. The Labute approximate surface area is 94.1 Å². The highest BCUT2D eigenvalue weighted by Gasteiger charge is 2.15. The largest absolute Gasteiger partial charge is 0.328 e. The fourth-order valence-corrected chi connectivity index (χ4v) is 1.66. The molecule has 0 radical (unpaired) electrons. The number of halogens is 2. The maximum absolute atomic E-state index is 5.87. The Hall–Kier alpha value is 0.500. The molecular weight excluding hydrogens is 207 g/mol. The topological polar surface area (TPSA) is 29.3 Å². The molecule has 0 saturated carbocycles. The number of rotatable bonds is 1. The Bertz CT molecular complexity index is 120. The van der Waals surface area contributed by atoms with Gasteiger partial charge in [0.1, 0.15) is 0 Å². The predicted octanol–water partition coefficient (Wildman–Crippen LogP) is 2.05. The summed E-state index contributed by atoms with van der Waals surface area (Å²) in [6.45, 7) is 6.96. The van der Waals surface area contributed by atoms with Crippen molar-refractivity contribution in [1.29, 1.82) is 0 Å². The van der Waals surface area contributed by atoms with Gasteiger partial charge in [0.05, 0.1) is 0 Å². The Morgan fingerprint density at radius 2 is 1.77 bits per heavy atom. The Balaban J connectivity index is 0. The minimum atomic E-state index is 0. The van der Waals surface area contributed by atoms with Crippen LogP contribution in [0.15, 0.2) is 0 Å². The van der Waals surface area contributed by atoms with Gasteiger partial charge in [0.25, 0.3) is 0 Å². The summed E-state index contributed by atoms with van der Waals surface area (Å²) >= 11 is 0. The molecule has 0 aromatic rings. The second-order valence-electron chi connectivity index (χ2n) is 3.82. The summed E-state index contributed by atoms with van der Waals surface area (Å²) in [6.07, 6.45) is 3.67. The zero-order chi connectivity index (χ0) is 8.27. The second kappa shape index (κ2) is 7.86. The molecule has 0 spiro atoms. The molecule has 0 aromatic heterocycles. The number of nitrogens with two attached hydrogens (primary N) is 1. The predicted molar refractivity (Wildman–Crippen MR) is 63.0 cm³/mol. The molecular formula is C9H22Cl2N2. The molecule has 0 aliphatic carbocycles. The van der Waals surface area contributed by atoms with Gasteiger partial charge in [-0.25, -0.2) is 0 Å². The van der Waals surface area contributed by atoms with Gasteiger partial charge in [-0.1, -0.05) is 0 Å². The molecule has 1 rings (SSSR count). The number of nitrogens with zero attached hydrogens (tertiary/aromatic N) is 1. The summed E-state index contributed by atoms with van der Waals surface area (Å²) in [5.41, 5.74) is 5.87. The van der Waals surface area contributed by atoms with Crippen molar-refractivity contribution < 1.29 is 0 Å². The van der Waals surface area contributed by atoms with Gasteiger partial charge in [-0.05, 0) is 46.2 Å². The number of hydrogen-bond acceptors (Lipinski definition) is 2. The van der Waals surface area contributed by atoms with Crippen LogP contribution in [0.25, 0.3) is 0 Å². The molecule has 4 heteroatoms. The van der Waals surface area contributed by atoms with Crippen LogP contribution < -0.4 is 5.73 Å². The highest BCUT2D eigenvalue weighted by molar-refractivity contribution is 5.85. The summed E-state index contributed by atoms with van der Waals surface area (Å²) < 4.78 is 0. The summed E-state index contributed by atoms with van der Waals surface area (Å²) in [6, 6.07) is 1.15. The van der Waals surface area contributed by atoms with E-state index in [9.17, 15) is 0 Å². The number of hydrogen-bond donors (Lipinski definition) is 1. The van der Waals surface area contributed by atoms with E-state index in [1.165, 1.54) is 32.4 Å². The lowest BCUT2D eigenvalue weighted by molar-refractivity contribution is 0.230. The van der Waals surface area contributed by atoms with E-state index < -0.39 is 0 Å². The minimum absolute atomic E-state index is 0. The van der Waals surface area contributed by atoms with Gasteiger partial charge < -0.3 is 10.6 Å². The number of likely N-dealkylation sites (tertiary alicyclic amines) is 1. The SMILES string of the molecule is CC(C)N1CCCC(N)CC1.Cl.Cl. The molecule has 2 nitrogen and oxygen atoms in total. The molecule has 0 bridgehead atoms. The van der Waals surface area contributed by atoms with Gasteiger partial charge in [-0.2, -0.15) is 0 Å². The van der Waals surface area contributed by atoms with Gasteiger partial charge in [0.15, 0.2) is 0 Å². The highest BCUT2D eigenvalue weighted by Crippen LogP contribution is 2.11. The van der Waals surface area contributed by atoms with Crippen molar-refractivity contribution in [1.82, 2.24) is 4.90 Å². The van der Waals surface area contributed by atoms with Crippen LogP contribution in [0.2, 0.25) is 0 Å². The van der Waals surface area contributed by atoms with Crippen molar-refractivity contribution in [2.24, 2.45) is 5.73 Å². The van der Waals surface area contributed by atoms with Crippen molar-refractivity contribution >= 4 is 24.8 Å². The van der Waals surface area contributed by atoms with E-state index in [0.29, 0.717) is 12.1 Å². The molecule has 1 unspecified atom stereocenters. The Morgan fingerprint density at radius 3 is 2.31 bits per heavy atom.